The Balaban J connectivity index is 2.25. The van der Waals surface area contributed by atoms with E-state index in [1.165, 1.54) is 0 Å². The molecule has 0 aliphatic rings. The highest BCUT2D eigenvalue weighted by atomic mass is 127. The maximum atomic E-state index is 12.3. The van der Waals surface area contributed by atoms with Crippen LogP contribution in [0.2, 0.25) is 0 Å². The van der Waals surface area contributed by atoms with Crippen LogP contribution in [0.15, 0.2) is 28.8 Å². The molecule has 0 aliphatic heterocycles. The summed E-state index contributed by atoms with van der Waals surface area (Å²) >= 11 is 2.22. The molecule has 2 aromatic rings. The minimum absolute atomic E-state index is 0.124. The average Bonchev–Trinajstić information content (AvgIpc) is 2.74. The number of aromatic nitrogens is 1. The molecule has 0 unspecified atom stereocenters. The van der Waals surface area contributed by atoms with Crippen molar-refractivity contribution in [2.45, 2.75) is 26.7 Å². The van der Waals surface area contributed by atoms with Crippen molar-refractivity contribution in [1.82, 2.24) is 5.16 Å². The molecule has 4 nitrogen and oxygen atoms in total. The molecule has 1 heterocycles. The first-order chi connectivity index (χ1) is 8.99. The van der Waals surface area contributed by atoms with Gasteiger partial charge in [-0.05, 0) is 53.8 Å². The van der Waals surface area contributed by atoms with E-state index < -0.39 is 0 Å². The zero-order chi connectivity index (χ0) is 14.0. The largest absolute Gasteiger partial charge is 0.360 e. The third-order valence-corrected chi connectivity index (χ3v) is 3.46. The zero-order valence-corrected chi connectivity index (χ0v) is 13.2. The van der Waals surface area contributed by atoms with Crippen LogP contribution in [0.3, 0.4) is 0 Å². The number of halogens is 1. The van der Waals surface area contributed by atoms with Crippen LogP contribution in [0.25, 0.3) is 0 Å². The summed E-state index contributed by atoms with van der Waals surface area (Å²) in [5.41, 5.74) is 1.92. The van der Waals surface area contributed by atoms with Crippen LogP contribution in [0, 0.1) is 10.5 Å². The van der Waals surface area contributed by atoms with Gasteiger partial charge in [-0.3, -0.25) is 4.79 Å². The van der Waals surface area contributed by atoms with Crippen LogP contribution in [-0.2, 0) is 0 Å². The molecule has 0 bridgehead atoms. The molecule has 0 saturated heterocycles. The van der Waals surface area contributed by atoms with E-state index in [2.05, 4.69) is 33.1 Å². The van der Waals surface area contributed by atoms with E-state index in [0.717, 1.165) is 9.26 Å². The normalized spacial score (nSPS) is 10.8. The second-order valence-electron chi connectivity index (χ2n) is 4.62. The number of carbonyl (C=O) groups excluding carboxylic acids is 1. The second-order valence-corrected chi connectivity index (χ2v) is 5.87. The van der Waals surface area contributed by atoms with Crippen molar-refractivity contribution in [2.24, 2.45) is 0 Å². The van der Waals surface area contributed by atoms with Gasteiger partial charge in [0.1, 0.15) is 5.56 Å². The van der Waals surface area contributed by atoms with Gasteiger partial charge in [-0.1, -0.05) is 19.0 Å². The molecule has 0 radical (unpaired) electrons. The molecule has 1 aromatic carbocycles. The fourth-order valence-corrected chi connectivity index (χ4v) is 2.14. The van der Waals surface area contributed by atoms with Crippen molar-refractivity contribution in [1.29, 1.82) is 0 Å². The summed E-state index contributed by atoms with van der Waals surface area (Å²) in [7, 11) is 0. The van der Waals surface area contributed by atoms with Gasteiger partial charge in [-0.25, -0.2) is 0 Å². The fraction of sp³-hybridized carbons (Fsp3) is 0.286. The zero-order valence-electron chi connectivity index (χ0n) is 11.0. The van der Waals surface area contributed by atoms with Crippen molar-refractivity contribution in [2.75, 3.05) is 5.32 Å². The molecule has 0 fully saturated rings. The third kappa shape index (κ3) is 3.15. The Morgan fingerprint density at radius 1 is 1.32 bits per heavy atom. The Bertz CT molecular complexity index is 588. The van der Waals surface area contributed by atoms with Crippen LogP contribution in [-0.4, -0.2) is 11.1 Å². The predicted octanol–water partition coefficient (Wildman–Crippen LogP) is 3.96. The van der Waals surface area contributed by atoms with Crippen molar-refractivity contribution >= 4 is 34.2 Å². The summed E-state index contributed by atoms with van der Waals surface area (Å²) in [5.74, 6) is 0.572. The molecule has 0 atom stereocenters. The summed E-state index contributed by atoms with van der Waals surface area (Å²) in [6, 6.07) is 7.63. The molecule has 1 aromatic heterocycles. The lowest BCUT2D eigenvalue weighted by Crippen LogP contribution is -2.14. The number of hydrogen-bond donors (Lipinski definition) is 1. The van der Waals surface area contributed by atoms with E-state index >= 15 is 0 Å². The minimum atomic E-state index is -0.177. The fourth-order valence-electron chi connectivity index (χ4n) is 1.78. The molecule has 0 spiro atoms. The highest BCUT2D eigenvalue weighted by Crippen LogP contribution is 2.23. The molecular weight excluding hydrogens is 355 g/mol. The Morgan fingerprint density at radius 3 is 2.53 bits per heavy atom. The SMILES string of the molecule is Cc1noc(C(C)C)c1C(=O)Nc1ccc(I)cc1. The van der Waals surface area contributed by atoms with E-state index in [1.807, 2.05) is 38.1 Å². The number of rotatable bonds is 3. The van der Waals surface area contributed by atoms with E-state index in [0.29, 0.717) is 17.0 Å². The number of hydrogen-bond acceptors (Lipinski definition) is 3. The van der Waals surface area contributed by atoms with E-state index in [1.54, 1.807) is 6.92 Å². The number of carbonyl (C=O) groups is 1. The van der Waals surface area contributed by atoms with Crippen molar-refractivity contribution < 1.29 is 9.32 Å². The van der Waals surface area contributed by atoms with Crippen LogP contribution in [0.5, 0.6) is 0 Å². The van der Waals surface area contributed by atoms with Crippen LogP contribution in [0.4, 0.5) is 5.69 Å². The minimum Gasteiger partial charge on any atom is -0.360 e. The Kier molecular flexibility index (Phi) is 4.24. The number of benzene rings is 1. The first-order valence-corrected chi connectivity index (χ1v) is 7.10. The van der Waals surface area contributed by atoms with Gasteiger partial charge in [0.25, 0.3) is 5.91 Å². The Labute approximate surface area is 125 Å². The standard InChI is InChI=1S/C14H15IN2O2/c1-8(2)13-12(9(3)17-19-13)14(18)16-11-6-4-10(15)5-7-11/h4-8H,1-3H3,(H,16,18). The van der Waals surface area contributed by atoms with Gasteiger partial charge in [0.15, 0.2) is 5.76 Å². The smallest absolute Gasteiger partial charge is 0.261 e. The third-order valence-electron chi connectivity index (χ3n) is 2.74. The number of aryl methyl sites for hydroxylation is 1. The van der Waals surface area contributed by atoms with Crippen molar-refractivity contribution in [3.05, 3.63) is 44.9 Å². The van der Waals surface area contributed by atoms with E-state index in [-0.39, 0.29) is 11.8 Å². The highest BCUT2D eigenvalue weighted by molar-refractivity contribution is 14.1. The molecule has 5 heteroatoms. The van der Waals surface area contributed by atoms with Gasteiger partial charge in [-0.2, -0.15) is 0 Å². The van der Waals surface area contributed by atoms with E-state index in [9.17, 15) is 4.79 Å². The molecule has 19 heavy (non-hydrogen) atoms. The monoisotopic (exact) mass is 370 g/mol. The number of anilines is 1. The summed E-state index contributed by atoms with van der Waals surface area (Å²) in [5, 5.41) is 6.74. The summed E-state index contributed by atoms with van der Waals surface area (Å²) < 4.78 is 6.35. The maximum absolute atomic E-state index is 12.3. The lowest BCUT2D eigenvalue weighted by molar-refractivity contribution is 0.102. The molecule has 1 N–H and O–H groups in total. The Morgan fingerprint density at radius 2 is 1.95 bits per heavy atom. The summed E-state index contributed by atoms with van der Waals surface area (Å²) in [6.07, 6.45) is 0. The maximum Gasteiger partial charge on any atom is 0.261 e. The molecule has 100 valence electrons. The lowest BCUT2D eigenvalue weighted by atomic mass is 10.0. The molecular formula is C14H15IN2O2. The van der Waals surface area contributed by atoms with Crippen molar-refractivity contribution in [3.63, 3.8) is 0 Å². The Hall–Kier alpha value is -1.37. The highest BCUT2D eigenvalue weighted by Gasteiger charge is 2.22. The first-order valence-electron chi connectivity index (χ1n) is 6.02. The average molecular weight is 370 g/mol. The lowest BCUT2D eigenvalue weighted by Gasteiger charge is -2.07. The van der Waals surface area contributed by atoms with Crippen LogP contribution < -0.4 is 5.32 Å². The number of nitrogens with zero attached hydrogens (tertiary/aromatic N) is 1. The van der Waals surface area contributed by atoms with E-state index in [4.69, 9.17) is 4.52 Å². The molecule has 2 rings (SSSR count). The van der Waals surface area contributed by atoms with Crippen LogP contribution >= 0.6 is 22.6 Å². The second kappa shape index (κ2) is 5.73. The van der Waals surface area contributed by atoms with Gasteiger partial charge in [0.05, 0.1) is 5.69 Å². The molecule has 1 amide bonds. The van der Waals surface area contributed by atoms with Gasteiger partial charge in [0, 0.05) is 15.2 Å². The summed E-state index contributed by atoms with van der Waals surface area (Å²) in [4.78, 5) is 12.3. The topological polar surface area (TPSA) is 55.1 Å². The molecule has 0 saturated carbocycles. The van der Waals surface area contributed by atoms with Gasteiger partial charge < -0.3 is 9.84 Å². The number of nitrogens with one attached hydrogen (secondary N) is 1. The predicted molar refractivity (Wildman–Crippen MR) is 82.4 cm³/mol. The van der Waals surface area contributed by atoms with Gasteiger partial charge in [-0.15, -0.1) is 0 Å². The van der Waals surface area contributed by atoms with Crippen LogP contribution in [0.1, 0.15) is 41.6 Å². The number of amides is 1. The molecule has 0 aliphatic carbocycles. The van der Waals surface area contributed by atoms with Gasteiger partial charge in [0.2, 0.25) is 0 Å². The first kappa shape index (κ1) is 14.0. The summed E-state index contributed by atoms with van der Waals surface area (Å²) in [6.45, 7) is 5.72. The van der Waals surface area contributed by atoms with Crippen molar-refractivity contribution in [3.8, 4) is 0 Å². The van der Waals surface area contributed by atoms with Gasteiger partial charge >= 0.3 is 0 Å². The quantitative estimate of drug-likeness (QED) is 0.833.